The Kier molecular flexibility index (Phi) is 13.0. The van der Waals surface area contributed by atoms with Crippen LogP contribution in [0.25, 0.3) is 0 Å². The third kappa shape index (κ3) is 37.1. The van der Waals surface area contributed by atoms with Gasteiger partial charge in [-0.3, -0.25) is 4.79 Å². The van der Waals surface area contributed by atoms with Crippen molar-refractivity contribution >= 4 is 5.91 Å². The van der Waals surface area contributed by atoms with E-state index in [0.29, 0.717) is 0 Å². The van der Waals surface area contributed by atoms with Gasteiger partial charge in [-0.25, -0.2) is 0 Å². The van der Waals surface area contributed by atoms with Crippen LogP contribution >= 0.6 is 0 Å². The highest BCUT2D eigenvalue weighted by molar-refractivity contribution is 5.72. The lowest BCUT2D eigenvalue weighted by Gasteiger charge is -1.88. The lowest BCUT2D eigenvalue weighted by Crippen LogP contribution is -2.74. The first-order valence-corrected chi connectivity index (χ1v) is 3.17. The van der Waals surface area contributed by atoms with Crippen molar-refractivity contribution in [1.29, 1.82) is 0 Å². The van der Waals surface area contributed by atoms with Crippen LogP contribution in [0.3, 0.4) is 0 Å². The van der Waals surface area contributed by atoms with E-state index in [4.69, 9.17) is 0 Å². The Bertz CT molecular complexity index is 64.1. The van der Waals surface area contributed by atoms with E-state index in [1.54, 1.807) is 0 Å². The lowest BCUT2D eigenvalue weighted by atomic mass is 10.6. The maximum atomic E-state index is 9.93. The Hall–Kier alpha value is -0.570. The van der Waals surface area contributed by atoms with Gasteiger partial charge in [0.2, 0.25) is 5.91 Å². The van der Waals surface area contributed by atoms with Gasteiger partial charge in [-0.15, -0.1) is 0 Å². The van der Waals surface area contributed by atoms with Crippen molar-refractivity contribution in [3.63, 3.8) is 0 Å². The third-order valence-corrected chi connectivity index (χ3v) is 0.426. The van der Waals surface area contributed by atoms with Gasteiger partial charge in [-0.2, -0.15) is 0 Å². The summed E-state index contributed by atoms with van der Waals surface area (Å²) >= 11 is 0. The number of carbonyl (C=O) groups excluding carboxylic acids is 1. The van der Waals surface area contributed by atoms with Crippen LogP contribution in [0.15, 0.2) is 0 Å². The number of hydrogen-bond acceptors (Lipinski definition) is 1. The monoisotopic (exact) mass is 133 g/mol. The molecule has 0 aliphatic carbocycles. The van der Waals surface area contributed by atoms with Crippen LogP contribution in [0.4, 0.5) is 0 Å². The molecule has 0 rings (SSSR count). The van der Waals surface area contributed by atoms with E-state index < -0.39 is 0 Å². The molecule has 0 aromatic carbocycles. The number of amides is 1. The molecule has 0 atom stereocenters. The van der Waals surface area contributed by atoms with E-state index in [1.165, 1.54) is 6.92 Å². The molecular formula is C6H17N2O+. The second-order valence-electron chi connectivity index (χ2n) is 1.66. The zero-order valence-corrected chi connectivity index (χ0v) is 6.69. The van der Waals surface area contributed by atoms with Crippen LogP contribution < -0.4 is 10.6 Å². The minimum atomic E-state index is 0.0394. The molecule has 0 saturated heterocycles. The summed E-state index contributed by atoms with van der Waals surface area (Å²) in [5.41, 5.74) is 0. The highest BCUT2D eigenvalue weighted by Crippen LogP contribution is 1.54. The molecule has 0 heterocycles. The molecule has 0 fully saturated rings. The highest BCUT2D eigenvalue weighted by Gasteiger charge is 1.78. The fourth-order valence-electron chi connectivity index (χ4n) is 0.249. The van der Waals surface area contributed by atoms with Crippen LogP contribution in [-0.2, 0) is 4.79 Å². The molecular weight excluding hydrogens is 116 g/mol. The van der Waals surface area contributed by atoms with E-state index in [0.717, 1.165) is 6.54 Å². The summed E-state index contributed by atoms with van der Waals surface area (Å²) in [5, 5.41) is 4.57. The molecule has 0 radical (unpaired) electrons. The fraction of sp³-hybridized carbons (Fsp3) is 0.833. The van der Waals surface area contributed by atoms with Gasteiger partial charge >= 0.3 is 0 Å². The largest absolute Gasteiger partial charge is 0.357 e. The number of hydrogen-bond donors (Lipinski definition) is 2. The molecule has 3 N–H and O–H groups in total. The van der Waals surface area contributed by atoms with E-state index in [1.807, 2.05) is 26.3 Å². The first kappa shape index (κ1) is 11.3. The molecule has 0 aliphatic heterocycles. The van der Waals surface area contributed by atoms with Crippen molar-refractivity contribution in [3.05, 3.63) is 0 Å². The number of carbonyl (C=O) groups is 1. The van der Waals surface area contributed by atoms with Crippen molar-refractivity contribution < 1.29 is 10.1 Å². The van der Waals surface area contributed by atoms with Crippen molar-refractivity contribution in [2.45, 2.75) is 13.8 Å². The molecule has 0 saturated carbocycles. The van der Waals surface area contributed by atoms with Crippen LogP contribution in [0.2, 0.25) is 0 Å². The number of rotatable bonds is 1. The Morgan fingerprint density at radius 3 is 1.89 bits per heavy atom. The second kappa shape index (κ2) is 10.4. The molecule has 0 aromatic rings. The molecule has 3 heteroatoms. The van der Waals surface area contributed by atoms with Crippen molar-refractivity contribution in [3.8, 4) is 0 Å². The number of nitrogens with two attached hydrogens (primary N) is 1. The summed E-state index contributed by atoms with van der Waals surface area (Å²) in [6.45, 7) is 4.13. The van der Waals surface area contributed by atoms with E-state index in [2.05, 4.69) is 5.32 Å². The maximum absolute atomic E-state index is 9.93. The van der Waals surface area contributed by atoms with Gasteiger partial charge < -0.3 is 10.6 Å². The van der Waals surface area contributed by atoms with Crippen molar-refractivity contribution in [2.24, 2.45) is 0 Å². The Balaban J connectivity index is 0. The van der Waals surface area contributed by atoms with E-state index in [-0.39, 0.29) is 5.91 Å². The van der Waals surface area contributed by atoms with Crippen LogP contribution in [0, 0.1) is 0 Å². The van der Waals surface area contributed by atoms with Gasteiger partial charge in [0.25, 0.3) is 0 Å². The Morgan fingerprint density at radius 2 is 1.89 bits per heavy atom. The lowest BCUT2D eigenvalue weighted by molar-refractivity contribution is -0.597. The van der Waals surface area contributed by atoms with Gasteiger partial charge in [0.05, 0.1) is 14.1 Å². The number of quaternary nitrogens is 1. The third-order valence-electron chi connectivity index (χ3n) is 0.426. The normalized spacial score (nSPS) is 7.11. The molecule has 0 bridgehead atoms. The van der Waals surface area contributed by atoms with Gasteiger partial charge in [0.15, 0.2) is 0 Å². The summed E-state index contributed by atoms with van der Waals surface area (Å²) in [6.07, 6.45) is 0. The molecule has 0 unspecified atom stereocenters. The quantitative estimate of drug-likeness (QED) is 0.471. The van der Waals surface area contributed by atoms with Gasteiger partial charge in [-0.1, -0.05) is 0 Å². The summed E-state index contributed by atoms with van der Waals surface area (Å²) in [5.74, 6) is 0.0394. The van der Waals surface area contributed by atoms with Crippen LogP contribution in [0.1, 0.15) is 13.8 Å². The molecule has 1 amide bonds. The minimum absolute atomic E-state index is 0.0394. The van der Waals surface area contributed by atoms with Crippen molar-refractivity contribution in [2.75, 3.05) is 20.6 Å². The van der Waals surface area contributed by atoms with Gasteiger partial charge in [-0.05, 0) is 6.92 Å². The standard InChI is InChI=1S/C4H9NO.C2H7N/c1-3-5-4(2)6;1-3-2/h3H2,1-2H3,(H,5,6);3H,1-2H3/p+1. The van der Waals surface area contributed by atoms with Crippen LogP contribution in [0.5, 0.6) is 0 Å². The topological polar surface area (TPSA) is 45.7 Å². The van der Waals surface area contributed by atoms with Crippen molar-refractivity contribution in [1.82, 2.24) is 5.32 Å². The van der Waals surface area contributed by atoms with Gasteiger partial charge in [0.1, 0.15) is 0 Å². The molecule has 0 aromatic heterocycles. The number of nitrogens with one attached hydrogen (secondary N) is 1. The minimum Gasteiger partial charge on any atom is -0.357 e. The smallest absolute Gasteiger partial charge is 0.216 e. The molecule has 3 nitrogen and oxygen atoms in total. The summed E-state index contributed by atoms with van der Waals surface area (Å²) < 4.78 is 0. The Labute approximate surface area is 56.8 Å². The average Bonchev–Trinajstić information content (AvgIpc) is 1.67. The average molecular weight is 133 g/mol. The molecule has 9 heavy (non-hydrogen) atoms. The second-order valence-corrected chi connectivity index (χ2v) is 1.66. The predicted octanol–water partition coefficient (Wildman–Crippen LogP) is -1.05. The predicted molar refractivity (Wildman–Crippen MR) is 38.1 cm³/mol. The van der Waals surface area contributed by atoms with Crippen LogP contribution in [-0.4, -0.2) is 26.5 Å². The maximum Gasteiger partial charge on any atom is 0.216 e. The molecule has 0 spiro atoms. The van der Waals surface area contributed by atoms with E-state index in [9.17, 15) is 4.79 Å². The highest BCUT2D eigenvalue weighted by atomic mass is 16.1. The molecule has 56 valence electrons. The summed E-state index contributed by atoms with van der Waals surface area (Å²) in [6, 6.07) is 0. The van der Waals surface area contributed by atoms with Gasteiger partial charge in [0, 0.05) is 13.5 Å². The summed E-state index contributed by atoms with van der Waals surface area (Å²) in [4.78, 5) is 9.93. The fourth-order valence-corrected chi connectivity index (χ4v) is 0.249. The summed E-state index contributed by atoms with van der Waals surface area (Å²) in [7, 11) is 4.00. The first-order valence-electron chi connectivity index (χ1n) is 3.17. The zero-order chi connectivity index (χ0) is 7.70. The Morgan fingerprint density at radius 1 is 1.56 bits per heavy atom. The van der Waals surface area contributed by atoms with E-state index >= 15 is 0 Å². The zero-order valence-electron chi connectivity index (χ0n) is 6.69. The molecule has 0 aliphatic rings. The SMILES string of the molecule is CCNC(C)=O.C[NH2+]C. The first-order chi connectivity index (χ1) is 4.18.